The van der Waals surface area contributed by atoms with Crippen molar-refractivity contribution >= 4 is 5.97 Å². The number of piperidine rings is 1. The largest absolute Gasteiger partial charge is 0.462 e. The molecule has 0 unspecified atom stereocenters. The van der Waals surface area contributed by atoms with Crippen LogP contribution in [0.2, 0.25) is 0 Å². The highest BCUT2D eigenvalue weighted by Gasteiger charge is 2.23. The lowest BCUT2D eigenvalue weighted by Crippen LogP contribution is -2.35. The van der Waals surface area contributed by atoms with Crippen LogP contribution in [-0.4, -0.2) is 37.1 Å². The van der Waals surface area contributed by atoms with Crippen molar-refractivity contribution in [2.24, 2.45) is 0 Å². The minimum absolute atomic E-state index is 0.0971. The Morgan fingerprint density at radius 2 is 1.89 bits per heavy atom. The molecule has 0 saturated carbocycles. The molecular weight excluding hydrogens is 226 g/mol. The molecule has 98 valence electrons. The van der Waals surface area contributed by atoms with Crippen LogP contribution in [0.3, 0.4) is 0 Å². The minimum Gasteiger partial charge on any atom is -0.462 e. The van der Waals surface area contributed by atoms with Gasteiger partial charge in [0.25, 0.3) is 0 Å². The van der Waals surface area contributed by atoms with Gasteiger partial charge in [-0.3, -0.25) is 4.79 Å². The van der Waals surface area contributed by atoms with E-state index in [-0.39, 0.29) is 18.0 Å². The van der Waals surface area contributed by atoms with Crippen LogP contribution < -0.4 is 0 Å². The van der Waals surface area contributed by atoms with Crippen molar-refractivity contribution < 1.29 is 9.53 Å². The summed E-state index contributed by atoms with van der Waals surface area (Å²) >= 11 is 0. The fraction of sp³-hybridized carbons (Fsp3) is 0.533. The number of rotatable bonds is 3. The number of hydrogen-bond acceptors (Lipinski definition) is 3. The molecule has 1 aliphatic rings. The van der Waals surface area contributed by atoms with Gasteiger partial charge in [0.05, 0.1) is 5.92 Å². The Hall–Kier alpha value is -1.35. The molecule has 1 aromatic carbocycles. The van der Waals surface area contributed by atoms with Crippen molar-refractivity contribution in [3.8, 4) is 0 Å². The molecule has 0 aliphatic carbocycles. The van der Waals surface area contributed by atoms with Gasteiger partial charge in [0.1, 0.15) is 6.10 Å². The second-order valence-electron chi connectivity index (χ2n) is 5.07. The molecule has 0 aromatic heterocycles. The van der Waals surface area contributed by atoms with Crippen LogP contribution in [0.1, 0.15) is 31.2 Å². The monoisotopic (exact) mass is 247 g/mol. The van der Waals surface area contributed by atoms with Gasteiger partial charge in [-0.2, -0.15) is 0 Å². The second kappa shape index (κ2) is 6.01. The standard InChI is InChI=1S/C15H21NO2/c1-12(13-6-4-3-5-7-13)15(17)18-14-8-10-16(2)11-9-14/h3-7,12,14H,8-11H2,1-2H3/t12-/m1/s1. The average Bonchev–Trinajstić information content (AvgIpc) is 2.41. The molecule has 1 heterocycles. The third kappa shape index (κ3) is 3.33. The summed E-state index contributed by atoms with van der Waals surface area (Å²) in [5.74, 6) is -0.276. The fourth-order valence-electron chi connectivity index (χ4n) is 2.25. The number of nitrogens with zero attached hydrogens (tertiary/aromatic N) is 1. The summed E-state index contributed by atoms with van der Waals surface area (Å²) < 4.78 is 5.59. The molecule has 2 rings (SSSR count). The molecule has 0 radical (unpaired) electrons. The van der Waals surface area contributed by atoms with Crippen LogP contribution >= 0.6 is 0 Å². The van der Waals surface area contributed by atoms with Crippen LogP contribution in [-0.2, 0) is 9.53 Å². The number of hydrogen-bond donors (Lipinski definition) is 0. The van der Waals surface area contributed by atoms with Gasteiger partial charge in [0, 0.05) is 13.1 Å². The number of carbonyl (C=O) groups is 1. The lowest BCUT2D eigenvalue weighted by Gasteiger charge is -2.29. The van der Waals surface area contributed by atoms with E-state index in [0.717, 1.165) is 31.5 Å². The van der Waals surface area contributed by atoms with E-state index in [9.17, 15) is 4.79 Å². The molecule has 1 atom stereocenters. The smallest absolute Gasteiger partial charge is 0.313 e. The van der Waals surface area contributed by atoms with Gasteiger partial charge in [-0.25, -0.2) is 0 Å². The van der Waals surface area contributed by atoms with Gasteiger partial charge in [-0.1, -0.05) is 30.3 Å². The van der Waals surface area contributed by atoms with Crippen molar-refractivity contribution in [3.63, 3.8) is 0 Å². The molecule has 18 heavy (non-hydrogen) atoms. The maximum atomic E-state index is 12.1. The Balaban J connectivity index is 1.88. The molecule has 1 aliphatic heterocycles. The topological polar surface area (TPSA) is 29.5 Å². The predicted molar refractivity (Wildman–Crippen MR) is 71.5 cm³/mol. The highest BCUT2D eigenvalue weighted by molar-refractivity contribution is 5.77. The number of likely N-dealkylation sites (tertiary alicyclic amines) is 1. The molecule has 0 N–H and O–H groups in total. The Labute approximate surface area is 109 Å². The second-order valence-corrected chi connectivity index (χ2v) is 5.07. The molecule has 1 aromatic rings. The quantitative estimate of drug-likeness (QED) is 0.768. The summed E-state index contributed by atoms with van der Waals surface area (Å²) in [5, 5.41) is 0. The maximum Gasteiger partial charge on any atom is 0.313 e. The highest BCUT2D eigenvalue weighted by atomic mass is 16.5. The zero-order chi connectivity index (χ0) is 13.0. The number of esters is 1. The molecule has 0 spiro atoms. The van der Waals surface area contributed by atoms with Crippen LogP contribution in [0, 0.1) is 0 Å². The Kier molecular flexibility index (Phi) is 4.37. The predicted octanol–water partition coefficient (Wildman–Crippen LogP) is 2.43. The third-order valence-corrected chi connectivity index (χ3v) is 3.60. The van der Waals surface area contributed by atoms with Crippen molar-refractivity contribution in [2.75, 3.05) is 20.1 Å². The minimum atomic E-state index is -0.175. The van der Waals surface area contributed by atoms with E-state index in [0.29, 0.717) is 0 Å². The summed E-state index contributed by atoms with van der Waals surface area (Å²) in [6, 6.07) is 9.81. The summed E-state index contributed by atoms with van der Waals surface area (Å²) in [6.45, 7) is 3.93. The molecule has 0 amide bonds. The SMILES string of the molecule is C[C@@H](C(=O)OC1CCN(C)CC1)c1ccccc1. The summed E-state index contributed by atoms with van der Waals surface area (Å²) in [6.07, 6.45) is 1.99. The summed E-state index contributed by atoms with van der Waals surface area (Å²) in [7, 11) is 2.10. The van der Waals surface area contributed by atoms with E-state index in [1.165, 1.54) is 0 Å². The number of carbonyl (C=O) groups excluding carboxylic acids is 1. The first-order valence-corrected chi connectivity index (χ1v) is 6.61. The van der Waals surface area contributed by atoms with Crippen molar-refractivity contribution in [2.45, 2.75) is 31.8 Å². The molecular formula is C15H21NO2. The molecule has 1 saturated heterocycles. The number of ether oxygens (including phenoxy) is 1. The maximum absolute atomic E-state index is 12.1. The van der Waals surface area contributed by atoms with Crippen molar-refractivity contribution in [1.82, 2.24) is 4.90 Å². The Morgan fingerprint density at radius 3 is 2.50 bits per heavy atom. The van der Waals surface area contributed by atoms with Gasteiger partial charge in [0.15, 0.2) is 0 Å². The van der Waals surface area contributed by atoms with Crippen LogP contribution in [0.4, 0.5) is 0 Å². The van der Waals surface area contributed by atoms with Crippen LogP contribution in [0.5, 0.6) is 0 Å². The first-order valence-electron chi connectivity index (χ1n) is 6.61. The van der Waals surface area contributed by atoms with Gasteiger partial charge in [-0.15, -0.1) is 0 Å². The van der Waals surface area contributed by atoms with E-state index in [4.69, 9.17) is 4.74 Å². The zero-order valence-corrected chi connectivity index (χ0v) is 11.1. The van der Waals surface area contributed by atoms with Crippen molar-refractivity contribution in [1.29, 1.82) is 0 Å². The van der Waals surface area contributed by atoms with E-state index in [2.05, 4.69) is 11.9 Å². The van der Waals surface area contributed by atoms with Gasteiger partial charge >= 0.3 is 5.97 Å². The Morgan fingerprint density at radius 1 is 1.28 bits per heavy atom. The van der Waals surface area contributed by atoms with E-state index in [1.54, 1.807) is 0 Å². The van der Waals surface area contributed by atoms with Crippen LogP contribution in [0.25, 0.3) is 0 Å². The van der Waals surface area contributed by atoms with E-state index < -0.39 is 0 Å². The highest BCUT2D eigenvalue weighted by Crippen LogP contribution is 2.20. The van der Waals surface area contributed by atoms with Crippen molar-refractivity contribution in [3.05, 3.63) is 35.9 Å². The molecule has 3 heteroatoms. The van der Waals surface area contributed by atoms with E-state index in [1.807, 2.05) is 37.3 Å². The fourth-order valence-corrected chi connectivity index (χ4v) is 2.25. The van der Waals surface area contributed by atoms with Gasteiger partial charge in [-0.05, 0) is 32.4 Å². The third-order valence-electron chi connectivity index (χ3n) is 3.60. The van der Waals surface area contributed by atoms with Crippen LogP contribution in [0.15, 0.2) is 30.3 Å². The molecule has 0 bridgehead atoms. The van der Waals surface area contributed by atoms with E-state index >= 15 is 0 Å². The van der Waals surface area contributed by atoms with Gasteiger partial charge < -0.3 is 9.64 Å². The lowest BCUT2D eigenvalue weighted by molar-refractivity contribution is -0.152. The normalized spacial score (nSPS) is 19.4. The first kappa shape index (κ1) is 13.1. The number of benzene rings is 1. The molecule has 1 fully saturated rings. The summed E-state index contributed by atoms with van der Waals surface area (Å²) in [4.78, 5) is 14.3. The average molecular weight is 247 g/mol. The summed E-state index contributed by atoms with van der Waals surface area (Å²) in [5.41, 5.74) is 1.02. The Bertz CT molecular complexity index is 383. The van der Waals surface area contributed by atoms with Gasteiger partial charge in [0.2, 0.25) is 0 Å². The first-order chi connectivity index (χ1) is 8.66. The lowest BCUT2D eigenvalue weighted by atomic mass is 10.0. The zero-order valence-electron chi connectivity index (χ0n) is 11.1. The molecule has 3 nitrogen and oxygen atoms in total.